The summed E-state index contributed by atoms with van der Waals surface area (Å²) in [5, 5.41) is 3.18. The van der Waals surface area contributed by atoms with Gasteiger partial charge in [0.1, 0.15) is 11.6 Å². The molecule has 20 heavy (non-hydrogen) atoms. The first-order valence-electron chi connectivity index (χ1n) is 8.02. The maximum atomic E-state index is 5.82. The second-order valence-electron chi connectivity index (χ2n) is 6.02. The van der Waals surface area contributed by atoms with Crippen LogP contribution in [-0.2, 0) is 11.2 Å². The summed E-state index contributed by atoms with van der Waals surface area (Å²) in [6.45, 7) is 0.895. The SMILES string of the molecule is CNc1cc(C2CCCC2)nc(CC2CCCCO2)n1. The second kappa shape index (κ2) is 6.53. The molecule has 0 radical (unpaired) electrons. The van der Waals surface area contributed by atoms with Crippen molar-refractivity contribution >= 4 is 5.82 Å². The fourth-order valence-corrected chi connectivity index (χ4v) is 3.34. The molecule has 1 N–H and O–H groups in total. The molecule has 3 rings (SSSR count). The quantitative estimate of drug-likeness (QED) is 0.916. The van der Waals surface area contributed by atoms with Crippen LogP contribution in [0.3, 0.4) is 0 Å². The summed E-state index contributed by atoms with van der Waals surface area (Å²) in [4.78, 5) is 9.44. The lowest BCUT2D eigenvalue weighted by atomic mass is 10.0. The topological polar surface area (TPSA) is 47.0 Å². The fraction of sp³-hybridized carbons (Fsp3) is 0.750. The maximum Gasteiger partial charge on any atom is 0.133 e. The van der Waals surface area contributed by atoms with Gasteiger partial charge in [-0.05, 0) is 32.1 Å². The molecule has 2 aliphatic rings. The molecule has 1 saturated carbocycles. The molecule has 2 heterocycles. The molecule has 1 aliphatic carbocycles. The van der Waals surface area contributed by atoms with Gasteiger partial charge >= 0.3 is 0 Å². The molecule has 1 aromatic rings. The van der Waals surface area contributed by atoms with Gasteiger partial charge in [-0.2, -0.15) is 0 Å². The highest BCUT2D eigenvalue weighted by Gasteiger charge is 2.21. The zero-order chi connectivity index (χ0) is 13.8. The number of hydrogen-bond acceptors (Lipinski definition) is 4. The van der Waals surface area contributed by atoms with Crippen molar-refractivity contribution < 1.29 is 4.74 Å². The molecule has 0 bridgehead atoms. The predicted molar refractivity (Wildman–Crippen MR) is 80.1 cm³/mol. The molecule has 0 aromatic carbocycles. The third-order valence-electron chi connectivity index (χ3n) is 4.51. The van der Waals surface area contributed by atoms with E-state index >= 15 is 0 Å². The first kappa shape index (κ1) is 13.8. The van der Waals surface area contributed by atoms with E-state index in [2.05, 4.69) is 16.4 Å². The first-order valence-corrected chi connectivity index (χ1v) is 8.02. The lowest BCUT2D eigenvalue weighted by Gasteiger charge is -2.22. The van der Waals surface area contributed by atoms with Crippen molar-refractivity contribution in [3.63, 3.8) is 0 Å². The molecule has 0 spiro atoms. The highest BCUT2D eigenvalue weighted by atomic mass is 16.5. The Balaban J connectivity index is 1.76. The van der Waals surface area contributed by atoms with Crippen LogP contribution in [0.5, 0.6) is 0 Å². The van der Waals surface area contributed by atoms with Crippen LogP contribution in [0.4, 0.5) is 5.82 Å². The van der Waals surface area contributed by atoms with Crippen LogP contribution < -0.4 is 5.32 Å². The van der Waals surface area contributed by atoms with Crippen LogP contribution in [0.2, 0.25) is 0 Å². The molecular formula is C16H25N3O. The van der Waals surface area contributed by atoms with Gasteiger partial charge in [0.15, 0.2) is 0 Å². The van der Waals surface area contributed by atoms with E-state index in [0.29, 0.717) is 12.0 Å². The number of nitrogens with one attached hydrogen (secondary N) is 1. The van der Waals surface area contributed by atoms with E-state index in [9.17, 15) is 0 Å². The third kappa shape index (κ3) is 3.29. The third-order valence-corrected chi connectivity index (χ3v) is 4.51. The van der Waals surface area contributed by atoms with Gasteiger partial charge in [0.2, 0.25) is 0 Å². The molecular weight excluding hydrogens is 250 g/mol. The van der Waals surface area contributed by atoms with Crippen LogP contribution in [0.1, 0.15) is 62.4 Å². The Bertz CT molecular complexity index is 437. The van der Waals surface area contributed by atoms with Crippen LogP contribution in [-0.4, -0.2) is 29.7 Å². The lowest BCUT2D eigenvalue weighted by molar-refractivity contribution is 0.0156. The Morgan fingerprint density at radius 2 is 1.95 bits per heavy atom. The summed E-state index contributed by atoms with van der Waals surface area (Å²) in [6.07, 6.45) is 10.0. The van der Waals surface area contributed by atoms with Gasteiger partial charge in [-0.25, -0.2) is 9.97 Å². The van der Waals surface area contributed by atoms with Crippen molar-refractivity contribution in [3.05, 3.63) is 17.6 Å². The Morgan fingerprint density at radius 3 is 2.65 bits per heavy atom. The highest BCUT2D eigenvalue weighted by molar-refractivity contribution is 5.36. The summed E-state index contributed by atoms with van der Waals surface area (Å²) in [5.41, 5.74) is 1.23. The monoisotopic (exact) mass is 275 g/mol. The van der Waals surface area contributed by atoms with Gasteiger partial charge in [-0.1, -0.05) is 12.8 Å². The van der Waals surface area contributed by atoms with Gasteiger partial charge < -0.3 is 10.1 Å². The normalized spacial score (nSPS) is 23.9. The predicted octanol–water partition coefficient (Wildman–Crippen LogP) is 3.29. The summed E-state index contributed by atoms with van der Waals surface area (Å²) < 4.78 is 5.82. The number of anilines is 1. The van der Waals surface area contributed by atoms with Crippen molar-refractivity contribution in [1.29, 1.82) is 0 Å². The largest absolute Gasteiger partial charge is 0.378 e. The number of nitrogens with zero attached hydrogens (tertiary/aromatic N) is 2. The maximum absolute atomic E-state index is 5.82. The van der Waals surface area contributed by atoms with Crippen molar-refractivity contribution in [1.82, 2.24) is 9.97 Å². The Hall–Kier alpha value is -1.16. The fourth-order valence-electron chi connectivity index (χ4n) is 3.34. The minimum Gasteiger partial charge on any atom is -0.378 e. The summed E-state index contributed by atoms with van der Waals surface area (Å²) in [7, 11) is 1.93. The average Bonchev–Trinajstić information content (AvgIpc) is 3.02. The number of ether oxygens (including phenoxy) is 1. The van der Waals surface area contributed by atoms with E-state index in [0.717, 1.165) is 31.1 Å². The van der Waals surface area contributed by atoms with E-state index in [4.69, 9.17) is 9.72 Å². The highest BCUT2D eigenvalue weighted by Crippen LogP contribution is 2.33. The zero-order valence-corrected chi connectivity index (χ0v) is 12.4. The summed E-state index contributed by atoms with van der Waals surface area (Å²) in [5.74, 6) is 2.54. The summed E-state index contributed by atoms with van der Waals surface area (Å²) in [6, 6.07) is 2.13. The van der Waals surface area contributed by atoms with Crippen LogP contribution in [0, 0.1) is 0 Å². The molecule has 2 fully saturated rings. The van der Waals surface area contributed by atoms with Gasteiger partial charge in [0, 0.05) is 37.8 Å². The Labute approximate surface area is 121 Å². The van der Waals surface area contributed by atoms with Gasteiger partial charge in [-0.15, -0.1) is 0 Å². The van der Waals surface area contributed by atoms with Crippen molar-refractivity contribution in [3.8, 4) is 0 Å². The Kier molecular flexibility index (Phi) is 4.51. The summed E-state index contributed by atoms with van der Waals surface area (Å²) >= 11 is 0. The zero-order valence-electron chi connectivity index (χ0n) is 12.4. The molecule has 4 heteroatoms. The minimum absolute atomic E-state index is 0.312. The standard InChI is InChI=1S/C16H25N3O/c1-17-15-11-14(12-6-2-3-7-12)18-16(19-15)10-13-8-4-5-9-20-13/h11-13H,2-10H2,1H3,(H,17,18,19). The lowest BCUT2D eigenvalue weighted by Crippen LogP contribution is -2.23. The van der Waals surface area contributed by atoms with E-state index in [-0.39, 0.29) is 0 Å². The van der Waals surface area contributed by atoms with Crippen molar-refractivity contribution in [2.45, 2.75) is 63.4 Å². The van der Waals surface area contributed by atoms with Crippen LogP contribution in [0.15, 0.2) is 6.07 Å². The van der Waals surface area contributed by atoms with Gasteiger partial charge in [-0.3, -0.25) is 0 Å². The van der Waals surface area contributed by atoms with Crippen LogP contribution in [0.25, 0.3) is 0 Å². The van der Waals surface area contributed by atoms with E-state index in [1.165, 1.54) is 44.2 Å². The van der Waals surface area contributed by atoms with Gasteiger partial charge in [0.05, 0.1) is 6.10 Å². The average molecular weight is 275 g/mol. The first-order chi connectivity index (χ1) is 9.85. The molecule has 0 amide bonds. The molecule has 110 valence electrons. The van der Waals surface area contributed by atoms with Crippen molar-refractivity contribution in [2.75, 3.05) is 19.0 Å². The molecule has 1 unspecified atom stereocenters. The molecule has 1 saturated heterocycles. The van der Waals surface area contributed by atoms with E-state index in [1.807, 2.05) is 7.05 Å². The number of hydrogen-bond donors (Lipinski definition) is 1. The second-order valence-corrected chi connectivity index (χ2v) is 6.02. The molecule has 1 aromatic heterocycles. The molecule has 4 nitrogen and oxygen atoms in total. The van der Waals surface area contributed by atoms with Crippen LogP contribution >= 0.6 is 0 Å². The Morgan fingerprint density at radius 1 is 1.15 bits per heavy atom. The van der Waals surface area contributed by atoms with E-state index < -0.39 is 0 Å². The van der Waals surface area contributed by atoms with Crippen molar-refractivity contribution in [2.24, 2.45) is 0 Å². The smallest absolute Gasteiger partial charge is 0.133 e. The molecule has 1 atom stereocenters. The van der Waals surface area contributed by atoms with Gasteiger partial charge in [0.25, 0.3) is 0 Å². The molecule has 1 aliphatic heterocycles. The minimum atomic E-state index is 0.312. The number of rotatable bonds is 4. The van der Waals surface area contributed by atoms with E-state index in [1.54, 1.807) is 0 Å². The number of aromatic nitrogens is 2.